The first-order chi connectivity index (χ1) is 21.2. The SMILES string of the molecule is CC(C)(CCCN(Cc1ccc(C(=O)O)cc1)CC(OCc1ccc(CCc2ccccc2)cc1)c1ccccc1)C(=O)O. The molecule has 0 saturated heterocycles. The second kappa shape index (κ2) is 16.0. The average Bonchev–Trinajstić information content (AvgIpc) is 3.03. The van der Waals surface area contributed by atoms with Gasteiger partial charge in [0.15, 0.2) is 0 Å². The van der Waals surface area contributed by atoms with Crippen molar-refractivity contribution in [1.29, 1.82) is 0 Å². The van der Waals surface area contributed by atoms with E-state index in [1.807, 2.05) is 36.4 Å². The predicted molar refractivity (Wildman–Crippen MR) is 174 cm³/mol. The van der Waals surface area contributed by atoms with Crippen LogP contribution in [0.2, 0.25) is 0 Å². The molecule has 0 aliphatic rings. The summed E-state index contributed by atoms with van der Waals surface area (Å²) in [6.45, 7) is 5.86. The van der Waals surface area contributed by atoms with Crippen molar-refractivity contribution in [3.63, 3.8) is 0 Å². The molecule has 6 nitrogen and oxygen atoms in total. The Hall–Kier alpha value is -4.26. The van der Waals surface area contributed by atoms with Crippen molar-refractivity contribution in [2.24, 2.45) is 5.41 Å². The highest BCUT2D eigenvalue weighted by atomic mass is 16.5. The largest absolute Gasteiger partial charge is 0.481 e. The number of carbonyl (C=O) groups is 2. The maximum Gasteiger partial charge on any atom is 0.335 e. The quantitative estimate of drug-likeness (QED) is 0.130. The number of aryl methyl sites for hydroxylation is 2. The van der Waals surface area contributed by atoms with Crippen molar-refractivity contribution in [2.75, 3.05) is 13.1 Å². The monoisotopic (exact) mass is 593 g/mol. The van der Waals surface area contributed by atoms with E-state index in [4.69, 9.17) is 4.74 Å². The molecule has 0 bridgehead atoms. The Balaban J connectivity index is 1.45. The number of ether oxygens (including phenoxy) is 1. The molecule has 0 aliphatic heterocycles. The summed E-state index contributed by atoms with van der Waals surface area (Å²) in [5.74, 6) is -1.75. The summed E-state index contributed by atoms with van der Waals surface area (Å²) in [5, 5.41) is 18.9. The molecule has 4 rings (SSSR count). The standard InChI is InChI=1S/C38H43NO5/c1-38(2,37(42)43)24-9-25-39(26-31-20-22-34(23-21-31)36(40)41)27-35(33-12-7-4-8-13-33)44-28-32-18-16-30(17-19-32)15-14-29-10-5-3-6-11-29/h3-8,10-13,16-23,35H,9,14-15,24-28H2,1-2H3,(H,40,41)(H,42,43). The average molecular weight is 594 g/mol. The number of carboxylic acids is 2. The van der Waals surface area contributed by atoms with Crippen molar-refractivity contribution in [3.05, 3.63) is 143 Å². The lowest BCUT2D eigenvalue weighted by atomic mass is 9.88. The Morgan fingerprint density at radius 3 is 1.86 bits per heavy atom. The van der Waals surface area contributed by atoms with E-state index in [9.17, 15) is 19.8 Å². The number of hydrogen-bond donors (Lipinski definition) is 2. The predicted octanol–water partition coefficient (Wildman–Crippen LogP) is 7.82. The fourth-order valence-electron chi connectivity index (χ4n) is 5.19. The van der Waals surface area contributed by atoms with Gasteiger partial charge in [-0.05, 0) is 86.0 Å². The zero-order valence-electron chi connectivity index (χ0n) is 25.7. The van der Waals surface area contributed by atoms with Crippen LogP contribution in [-0.4, -0.2) is 40.1 Å². The molecule has 0 amide bonds. The molecule has 0 heterocycles. The second-order valence-corrected chi connectivity index (χ2v) is 12.0. The minimum atomic E-state index is -0.953. The van der Waals surface area contributed by atoms with Gasteiger partial charge in [0, 0.05) is 13.1 Å². The summed E-state index contributed by atoms with van der Waals surface area (Å²) in [6.07, 6.45) is 3.03. The van der Waals surface area contributed by atoms with Crippen LogP contribution >= 0.6 is 0 Å². The molecular weight excluding hydrogens is 550 g/mol. The zero-order chi connectivity index (χ0) is 31.4. The van der Waals surface area contributed by atoms with Crippen LogP contribution in [0.4, 0.5) is 0 Å². The van der Waals surface area contributed by atoms with Gasteiger partial charge in [0.25, 0.3) is 0 Å². The van der Waals surface area contributed by atoms with Gasteiger partial charge in [0.2, 0.25) is 0 Å². The van der Waals surface area contributed by atoms with Crippen LogP contribution < -0.4 is 0 Å². The van der Waals surface area contributed by atoms with Gasteiger partial charge in [0.05, 0.1) is 23.7 Å². The molecule has 0 radical (unpaired) electrons. The Morgan fingerprint density at radius 2 is 1.27 bits per heavy atom. The molecular formula is C38H43NO5. The second-order valence-electron chi connectivity index (χ2n) is 12.0. The first-order valence-corrected chi connectivity index (χ1v) is 15.3. The molecule has 4 aromatic rings. The summed E-state index contributed by atoms with van der Waals surface area (Å²) >= 11 is 0. The van der Waals surface area contributed by atoms with E-state index in [2.05, 4.69) is 65.6 Å². The maximum absolute atomic E-state index is 11.7. The van der Waals surface area contributed by atoms with Gasteiger partial charge < -0.3 is 14.9 Å². The van der Waals surface area contributed by atoms with Crippen molar-refractivity contribution >= 4 is 11.9 Å². The Labute approximate surface area is 260 Å². The first-order valence-electron chi connectivity index (χ1n) is 15.3. The van der Waals surface area contributed by atoms with Gasteiger partial charge in [-0.15, -0.1) is 0 Å². The number of hydrogen-bond acceptors (Lipinski definition) is 4. The van der Waals surface area contributed by atoms with E-state index in [0.29, 0.717) is 39.1 Å². The smallest absolute Gasteiger partial charge is 0.335 e. The molecule has 0 fully saturated rings. The molecule has 6 heteroatoms. The fourth-order valence-corrected chi connectivity index (χ4v) is 5.19. The number of carboxylic acid groups (broad SMARTS) is 2. The van der Waals surface area contributed by atoms with Crippen LogP contribution in [0.5, 0.6) is 0 Å². The lowest BCUT2D eigenvalue weighted by Crippen LogP contribution is -2.32. The lowest BCUT2D eigenvalue weighted by molar-refractivity contribution is -0.147. The van der Waals surface area contributed by atoms with E-state index in [1.54, 1.807) is 26.0 Å². The molecule has 0 aromatic heterocycles. The van der Waals surface area contributed by atoms with Crippen LogP contribution in [0, 0.1) is 5.41 Å². The summed E-state index contributed by atoms with van der Waals surface area (Å²) in [6, 6.07) is 36.2. The van der Waals surface area contributed by atoms with Crippen molar-refractivity contribution in [3.8, 4) is 0 Å². The molecule has 0 saturated carbocycles. The highest BCUT2D eigenvalue weighted by molar-refractivity contribution is 5.87. The molecule has 230 valence electrons. The Kier molecular flexibility index (Phi) is 11.9. The summed E-state index contributed by atoms with van der Waals surface area (Å²) in [4.78, 5) is 25.3. The molecule has 4 aromatic carbocycles. The van der Waals surface area contributed by atoms with E-state index in [1.165, 1.54) is 11.1 Å². The minimum absolute atomic E-state index is 0.209. The van der Waals surface area contributed by atoms with Crippen LogP contribution in [0.1, 0.15) is 71.0 Å². The topological polar surface area (TPSA) is 87.1 Å². The maximum atomic E-state index is 11.7. The van der Waals surface area contributed by atoms with E-state index < -0.39 is 17.4 Å². The summed E-state index contributed by atoms with van der Waals surface area (Å²) in [5.41, 5.74) is 5.24. The highest BCUT2D eigenvalue weighted by Crippen LogP contribution is 2.25. The van der Waals surface area contributed by atoms with Crippen LogP contribution in [0.15, 0.2) is 109 Å². The molecule has 0 spiro atoms. The van der Waals surface area contributed by atoms with Gasteiger partial charge >= 0.3 is 11.9 Å². The van der Waals surface area contributed by atoms with Crippen LogP contribution in [-0.2, 0) is 35.5 Å². The molecule has 1 atom stereocenters. The number of aliphatic carboxylic acids is 1. The van der Waals surface area contributed by atoms with Gasteiger partial charge in [0.1, 0.15) is 0 Å². The van der Waals surface area contributed by atoms with E-state index in [0.717, 1.165) is 29.5 Å². The Bertz CT molecular complexity index is 1450. The zero-order valence-corrected chi connectivity index (χ0v) is 25.7. The number of benzene rings is 4. The third-order valence-electron chi connectivity index (χ3n) is 8.08. The van der Waals surface area contributed by atoms with E-state index in [-0.39, 0.29) is 11.7 Å². The Morgan fingerprint density at radius 1 is 0.727 bits per heavy atom. The lowest BCUT2D eigenvalue weighted by Gasteiger charge is -2.29. The van der Waals surface area contributed by atoms with Crippen molar-refractivity contribution < 1.29 is 24.5 Å². The minimum Gasteiger partial charge on any atom is -0.481 e. The van der Waals surface area contributed by atoms with Gasteiger partial charge in [-0.2, -0.15) is 0 Å². The first kappa shape index (κ1) is 32.6. The van der Waals surface area contributed by atoms with Gasteiger partial charge in [-0.1, -0.05) is 97.1 Å². The normalized spacial score (nSPS) is 12.2. The molecule has 44 heavy (non-hydrogen) atoms. The molecule has 1 unspecified atom stereocenters. The van der Waals surface area contributed by atoms with Crippen LogP contribution in [0.3, 0.4) is 0 Å². The van der Waals surface area contributed by atoms with E-state index >= 15 is 0 Å². The third-order valence-corrected chi connectivity index (χ3v) is 8.08. The summed E-state index contributed by atoms with van der Waals surface area (Å²) in [7, 11) is 0. The fraction of sp³-hybridized carbons (Fsp3) is 0.316. The third kappa shape index (κ3) is 10.2. The van der Waals surface area contributed by atoms with Crippen LogP contribution in [0.25, 0.3) is 0 Å². The number of rotatable bonds is 17. The summed E-state index contributed by atoms with van der Waals surface area (Å²) < 4.78 is 6.57. The molecule has 0 aliphatic carbocycles. The highest BCUT2D eigenvalue weighted by Gasteiger charge is 2.27. The number of nitrogens with zero attached hydrogens (tertiary/aromatic N) is 1. The van der Waals surface area contributed by atoms with Gasteiger partial charge in [-0.25, -0.2) is 4.79 Å². The number of aromatic carboxylic acids is 1. The molecule has 2 N–H and O–H groups in total. The van der Waals surface area contributed by atoms with Crippen molar-refractivity contribution in [2.45, 2.75) is 58.8 Å². The van der Waals surface area contributed by atoms with Gasteiger partial charge in [-0.3, -0.25) is 9.69 Å². The van der Waals surface area contributed by atoms with Crippen molar-refractivity contribution in [1.82, 2.24) is 4.90 Å².